The van der Waals surface area contributed by atoms with Crippen molar-refractivity contribution in [1.29, 1.82) is 0 Å². The highest BCUT2D eigenvalue weighted by molar-refractivity contribution is 6.06. The maximum Gasteiger partial charge on any atom is 0.220 e. The molecule has 0 bridgehead atoms. The number of allylic oxidation sites excluding steroid dienone is 4. The van der Waals surface area contributed by atoms with Gasteiger partial charge in [-0.05, 0) is 46.6 Å². The Kier molecular flexibility index (Phi) is 4.70. The van der Waals surface area contributed by atoms with E-state index in [1.807, 2.05) is 36.4 Å². The van der Waals surface area contributed by atoms with E-state index in [0.717, 1.165) is 22.3 Å². The molecule has 0 spiro atoms. The van der Waals surface area contributed by atoms with Crippen LogP contribution in [-0.2, 0) is 9.53 Å². The van der Waals surface area contributed by atoms with Crippen LogP contribution in [0.2, 0.25) is 0 Å². The van der Waals surface area contributed by atoms with Crippen LogP contribution < -0.4 is 4.74 Å². The van der Waals surface area contributed by atoms with Gasteiger partial charge in [0.15, 0.2) is 17.3 Å². The molecule has 0 atom stereocenters. The van der Waals surface area contributed by atoms with Crippen LogP contribution in [0.3, 0.4) is 0 Å². The summed E-state index contributed by atoms with van der Waals surface area (Å²) >= 11 is 0. The molecule has 0 unspecified atom stereocenters. The van der Waals surface area contributed by atoms with E-state index in [0.29, 0.717) is 5.75 Å². The van der Waals surface area contributed by atoms with Crippen molar-refractivity contribution < 1.29 is 19.4 Å². The molecule has 0 radical (unpaired) electrons. The Morgan fingerprint density at radius 1 is 0.920 bits per heavy atom. The third kappa shape index (κ3) is 3.33. The maximum atomic E-state index is 11.9. The van der Waals surface area contributed by atoms with Gasteiger partial charge in [-0.1, -0.05) is 42.5 Å². The average Bonchev–Trinajstić information content (AvgIpc) is 2.65. The molecule has 1 aliphatic rings. The lowest BCUT2D eigenvalue weighted by molar-refractivity contribution is -0.114. The summed E-state index contributed by atoms with van der Waals surface area (Å²) < 4.78 is 10.4. The molecule has 0 saturated heterocycles. The zero-order valence-electron chi connectivity index (χ0n) is 14.0. The molecule has 2 aromatic rings. The molecule has 3 rings (SSSR count). The molecule has 2 aromatic carbocycles. The summed E-state index contributed by atoms with van der Waals surface area (Å²) in [5.41, 5.74) is 3.60. The summed E-state index contributed by atoms with van der Waals surface area (Å²) in [4.78, 5) is 11.9. The number of methoxy groups -OCH3 is 2. The van der Waals surface area contributed by atoms with Crippen molar-refractivity contribution in [2.24, 2.45) is 0 Å². The van der Waals surface area contributed by atoms with Crippen molar-refractivity contribution in [2.75, 3.05) is 14.2 Å². The minimum absolute atomic E-state index is 0.0751. The van der Waals surface area contributed by atoms with Gasteiger partial charge in [0.05, 0.1) is 14.2 Å². The third-order valence-corrected chi connectivity index (χ3v) is 3.98. The minimum atomic E-state index is -0.165. The van der Waals surface area contributed by atoms with Crippen LogP contribution in [0.1, 0.15) is 11.1 Å². The highest BCUT2D eigenvalue weighted by atomic mass is 16.5. The monoisotopic (exact) mass is 334 g/mol. The van der Waals surface area contributed by atoms with Crippen LogP contribution in [0, 0.1) is 0 Å². The Hall–Kier alpha value is -3.27. The third-order valence-electron chi connectivity index (χ3n) is 3.98. The molecule has 0 fully saturated rings. The van der Waals surface area contributed by atoms with Crippen molar-refractivity contribution >= 4 is 11.4 Å². The first-order chi connectivity index (χ1) is 12.1. The summed E-state index contributed by atoms with van der Waals surface area (Å²) in [6, 6.07) is 15.0. The van der Waals surface area contributed by atoms with Gasteiger partial charge in [0, 0.05) is 0 Å². The number of ketones is 1. The van der Waals surface area contributed by atoms with E-state index in [9.17, 15) is 9.90 Å². The van der Waals surface area contributed by atoms with Gasteiger partial charge in [-0.2, -0.15) is 0 Å². The molecular weight excluding hydrogens is 316 g/mol. The lowest BCUT2D eigenvalue weighted by atomic mass is 9.90. The number of phenolic OH excluding ortho intramolecular Hbond substituents is 1. The number of carbonyl (C=O) groups excluding carboxylic acids is 1. The summed E-state index contributed by atoms with van der Waals surface area (Å²) in [5.74, 6) is 0.586. The minimum Gasteiger partial charge on any atom is -0.504 e. The second-order valence-corrected chi connectivity index (χ2v) is 5.49. The number of hydrogen-bond acceptors (Lipinski definition) is 4. The molecule has 1 aliphatic carbocycles. The van der Waals surface area contributed by atoms with E-state index in [-0.39, 0.29) is 17.3 Å². The van der Waals surface area contributed by atoms with Crippen LogP contribution in [0.15, 0.2) is 78.1 Å². The largest absolute Gasteiger partial charge is 0.504 e. The van der Waals surface area contributed by atoms with Gasteiger partial charge in [0.1, 0.15) is 0 Å². The normalized spacial score (nSPS) is 15.6. The number of rotatable bonds is 4. The average molecular weight is 334 g/mol. The lowest BCUT2D eigenvalue weighted by Gasteiger charge is -2.16. The van der Waals surface area contributed by atoms with Crippen molar-refractivity contribution in [2.45, 2.75) is 0 Å². The van der Waals surface area contributed by atoms with E-state index in [4.69, 9.17) is 9.47 Å². The zero-order valence-corrected chi connectivity index (χ0v) is 14.0. The smallest absolute Gasteiger partial charge is 0.220 e. The molecule has 4 heteroatoms. The Balaban J connectivity index is 2.25. The number of hydrogen-bond donors (Lipinski definition) is 1. The van der Waals surface area contributed by atoms with Gasteiger partial charge in [-0.3, -0.25) is 4.79 Å². The van der Waals surface area contributed by atoms with Crippen molar-refractivity contribution in [3.05, 3.63) is 89.2 Å². The van der Waals surface area contributed by atoms with E-state index in [2.05, 4.69) is 0 Å². The maximum absolute atomic E-state index is 11.9. The van der Waals surface area contributed by atoms with Crippen LogP contribution in [0.4, 0.5) is 0 Å². The van der Waals surface area contributed by atoms with Crippen LogP contribution in [-0.4, -0.2) is 25.1 Å². The van der Waals surface area contributed by atoms with E-state index >= 15 is 0 Å². The van der Waals surface area contributed by atoms with Crippen LogP contribution >= 0.6 is 0 Å². The molecule has 0 aromatic heterocycles. The van der Waals surface area contributed by atoms with Gasteiger partial charge in [0.2, 0.25) is 5.78 Å². The van der Waals surface area contributed by atoms with Crippen molar-refractivity contribution in [3.63, 3.8) is 0 Å². The van der Waals surface area contributed by atoms with Gasteiger partial charge in [-0.25, -0.2) is 0 Å². The summed E-state index contributed by atoms with van der Waals surface area (Å²) in [7, 11) is 2.99. The summed E-state index contributed by atoms with van der Waals surface area (Å²) in [6.45, 7) is 0. The predicted molar refractivity (Wildman–Crippen MR) is 96.4 cm³/mol. The Morgan fingerprint density at radius 3 is 2.36 bits per heavy atom. The second kappa shape index (κ2) is 7.09. The molecule has 0 amide bonds. The molecule has 126 valence electrons. The summed E-state index contributed by atoms with van der Waals surface area (Å²) in [5, 5.41) is 9.88. The molecule has 0 saturated carbocycles. The number of aromatic hydroxyl groups is 1. The van der Waals surface area contributed by atoms with Gasteiger partial charge < -0.3 is 14.6 Å². The quantitative estimate of drug-likeness (QED) is 0.922. The highest BCUT2D eigenvalue weighted by Gasteiger charge is 2.17. The van der Waals surface area contributed by atoms with E-state index in [1.165, 1.54) is 20.3 Å². The fourth-order valence-corrected chi connectivity index (χ4v) is 2.76. The zero-order chi connectivity index (χ0) is 17.8. The standard InChI is InChI=1S/C21H18O4/c1-24-19-12-15(8-10-17(19)22)21(14-6-4-3-5-7-14)16-9-11-18(23)20(13-16)25-2/h3-13,22H,1-2H3/b21-16+. The number of phenols is 1. The first-order valence-electron chi connectivity index (χ1n) is 7.79. The lowest BCUT2D eigenvalue weighted by Crippen LogP contribution is -2.06. The predicted octanol–water partition coefficient (Wildman–Crippen LogP) is 3.87. The Labute approximate surface area is 146 Å². The van der Waals surface area contributed by atoms with Gasteiger partial charge in [0.25, 0.3) is 0 Å². The van der Waals surface area contributed by atoms with E-state index in [1.54, 1.807) is 24.3 Å². The second-order valence-electron chi connectivity index (χ2n) is 5.49. The van der Waals surface area contributed by atoms with Crippen LogP contribution in [0.5, 0.6) is 11.5 Å². The first kappa shape index (κ1) is 16.6. The van der Waals surface area contributed by atoms with Gasteiger partial charge in [-0.15, -0.1) is 0 Å². The molecule has 0 heterocycles. The fraction of sp³-hybridized carbons (Fsp3) is 0.0952. The number of carbonyl (C=O) groups is 1. The first-order valence-corrected chi connectivity index (χ1v) is 7.79. The van der Waals surface area contributed by atoms with E-state index < -0.39 is 0 Å². The Morgan fingerprint density at radius 2 is 1.68 bits per heavy atom. The van der Waals surface area contributed by atoms with Crippen LogP contribution in [0.25, 0.3) is 5.57 Å². The number of ether oxygens (including phenoxy) is 2. The number of benzene rings is 2. The molecule has 4 nitrogen and oxygen atoms in total. The van der Waals surface area contributed by atoms with Gasteiger partial charge >= 0.3 is 0 Å². The topological polar surface area (TPSA) is 55.8 Å². The van der Waals surface area contributed by atoms with Crippen molar-refractivity contribution in [1.82, 2.24) is 0 Å². The highest BCUT2D eigenvalue weighted by Crippen LogP contribution is 2.35. The fourth-order valence-electron chi connectivity index (χ4n) is 2.76. The van der Waals surface area contributed by atoms with Crippen molar-refractivity contribution in [3.8, 4) is 11.5 Å². The Bertz CT molecular complexity index is 889. The molecular formula is C21H18O4. The molecule has 1 N–H and O–H groups in total. The summed E-state index contributed by atoms with van der Waals surface area (Å²) in [6.07, 6.45) is 4.99. The SMILES string of the molecule is COC1=C/C(=C(\c2ccccc2)c2ccc(O)c(OC)c2)C=CC1=O. The molecule has 0 aliphatic heterocycles. The molecule has 25 heavy (non-hydrogen) atoms.